The fourth-order valence-corrected chi connectivity index (χ4v) is 4.86. The van der Waals surface area contributed by atoms with E-state index < -0.39 is 7.67 Å². The molecule has 100 valence electrons. The number of hydrogen-bond acceptors (Lipinski definition) is 1. The van der Waals surface area contributed by atoms with Crippen molar-refractivity contribution in [2.75, 3.05) is 0 Å². The molecule has 17 heavy (non-hydrogen) atoms. The van der Waals surface area contributed by atoms with Crippen molar-refractivity contribution in [3.05, 3.63) is 0 Å². The van der Waals surface area contributed by atoms with E-state index in [1.807, 2.05) is 0 Å². The van der Waals surface area contributed by atoms with Crippen LogP contribution in [0.25, 0.3) is 0 Å². The third-order valence-corrected chi connectivity index (χ3v) is 5.54. The molecule has 4 nitrogen and oxygen atoms in total. The highest BCUT2D eigenvalue weighted by atomic mass is 31.2. The normalized spacial score (nSPS) is 28.2. The molecule has 0 amide bonds. The minimum atomic E-state index is -3.58. The van der Waals surface area contributed by atoms with E-state index in [0.29, 0.717) is 0 Å². The van der Waals surface area contributed by atoms with Crippen LogP contribution in [0.4, 0.5) is 0 Å². The summed E-state index contributed by atoms with van der Waals surface area (Å²) in [4.78, 5) is 9.84. The smallest absolute Gasteiger partial charge is 0.322 e. The van der Waals surface area contributed by atoms with Crippen molar-refractivity contribution in [3.63, 3.8) is 0 Å². The first kappa shape index (κ1) is 13.5. The lowest BCUT2D eigenvalue weighted by molar-refractivity contribution is 0.151. The monoisotopic (exact) mass is 260 g/mol. The van der Waals surface area contributed by atoms with Crippen LogP contribution in [0.3, 0.4) is 0 Å². The van der Waals surface area contributed by atoms with Gasteiger partial charge in [0.2, 0.25) is 0 Å². The van der Waals surface area contributed by atoms with Crippen molar-refractivity contribution in [1.29, 1.82) is 0 Å². The Kier molecular flexibility index (Phi) is 4.65. The van der Waals surface area contributed by atoms with Crippen LogP contribution in [-0.4, -0.2) is 21.6 Å². The van der Waals surface area contributed by atoms with Gasteiger partial charge in [-0.1, -0.05) is 38.5 Å². The van der Waals surface area contributed by atoms with E-state index in [2.05, 4.69) is 0 Å². The summed E-state index contributed by atoms with van der Waals surface area (Å²) in [6, 6.07) is 0.486. The zero-order chi connectivity index (χ0) is 12.3. The molecule has 2 aliphatic rings. The second kappa shape index (κ2) is 5.83. The van der Waals surface area contributed by atoms with Crippen LogP contribution in [0.1, 0.15) is 64.2 Å². The summed E-state index contributed by atoms with van der Waals surface area (Å²) >= 11 is 0. The molecule has 0 aromatic heterocycles. The zero-order valence-electron chi connectivity index (χ0n) is 10.6. The highest BCUT2D eigenvalue weighted by molar-refractivity contribution is 7.52. The number of rotatable bonds is 3. The van der Waals surface area contributed by atoms with E-state index in [9.17, 15) is 9.46 Å². The summed E-state index contributed by atoms with van der Waals surface area (Å²) in [6.07, 6.45) is 11.4. The Morgan fingerprint density at radius 1 is 0.882 bits per heavy atom. The van der Waals surface area contributed by atoms with Crippen molar-refractivity contribution in [2.45, 2.75) is 76.3 Å². The molecule has 0 bridgehead atoms. The molecule has 2 aliphatic carbocycles. The van der Waals surface area contributed by atoms with Crippen LogP contribution in [0, 0.1) is 0 Å². The lowest BCUT2D eigenvalue weighted by atomic mass is 9.91. The van der Waals surface area contributed by atoms with Crippen LogP contribution >= 0.6 is 7.67 Å². The van der Waals surface area contributed by atoms with Crippen LogP contribution < -0.4 is 5.50 Å². The SMILES string of the molecule is NP(=O)(O)N(C1CCCCC1)C1CCCCC1. The van der Waals surface area contributed by atoms with Gasteiger partial charge in [-0.15, -0.1) is 0 Å². The maximum Gasteiger partial charge on any atom is 0.338 e. The first-order chi connectivity index (χ1) is 8.09. The van der Waals surface area contributed by atoms with Crippen molar-refractivity contribution in [3.8, 4) is 0 Å². The summed E-state index contributed by atoms with van der Waals surface area (Å²) in [5.74, 6) is 0. The number of nitrogens with zero attached hydrogens (tertiary/aromatic N) is 1. The second-order valence-corrected chi connectivity index (χ2v) is 7.19. The molecule has 0 aromatic rings. The zero-order valence-corrected chi connectivity index (χ0v) is 11.4. The average molecular weight is 260 g/mol. The Bertz CT molecular complexity index is 262. The largest absolute Gasteiger partial charge is 0.338 e. The Morgan fingerprint density at radius 3 is 1.53 bits per heavy atom. The molecule has 0 heterocycles. The van der Waals surface area contributed by atoms with E-state index in [1.54, 1.807) is 4.67 Å². The van der Waals surface area contributed by atoms with E-state index in [-0.39, 0.29) is 12.1 Å². The summed E-state index contributed by atoms with van der Waals surface area (Å²) in [7, 11) is -3.58. The highest BCUT2D eigenvalue weighted by Crippen LogP contribution is 2.46. The van der Waals surface area contributed by atoms with Gasteiger partial charge in [0.1, 0.15) is 0 Å². The molecular weight excluding hydrogens is 235 g/mol. The third-order valence-electron chi connectivity index (χ3n) is 4.23. The summed E-state index contributed by atoms with van der Waals surface area (Å²) < 4.78 is 13.8. The average Bonchev–Trinajstić information content (AvgIpc) is 2.30. The molecule has 0 aliphatic heterocycles. The lowest BCUT2D eigenvalue weighted by Gasteiger charge is -2.41. The standard InChI is InChI=1S/C12H25N2O2P/c13-17(15,16)14(11-7-3-1-4-8-11)12-9-5-2-6-10-12/h11-12H,1-10H2,(H3,13,15,16). The van der Waals surface area contributed by atoms with Gasteiger partial charge < -0.3 is 4.89 Å². The molecule has 3 N–H and O–H groups in total. The Labute approximate surface area is 104 Å². The summed E-state index contributed by atoms with van der Waals surface area (Å²) in [5.41, 5.74) is 5.58. The van der Waals surface area contributed by atoms with Crippen LogP contribution in [0.15, 0.2) is 0 Å². The predicted molar refractivity (Wildman–Crippen MR) is 69.6 cm³/mol. The van der Waals surface area contributed by atoms with Crippen LogP contribution in [0.5, 0.6) is 0 Å². The van der Waals surface area contributed by atoms with Gasteiger partial charge in [0.05, 0.1) is 0 Å². The topological polar surface area (TPSA) is 66.6 Å². The molecule has 1 unspecified atom stereocenters. The summed E-state index contributed by atoms with van der Waals surface area (Å²) in [5, 5.41) is 0. The number of nitrogens with two attached hydrogens (primary N) is 1. The van der Waals surface area contributed by atoms with Crippen molar-refractivity contribution >= 4 is 7.67 Å². The molecular formula is C12H25N2O2P. The molecule has 2 saturated carbocycles. The van der Waals surface area contributed by atoms with E-state index >= 15 is 0 Å². The molecule has 1 atom stereocenters. The predicted octanol–water partition coefficient (Wildman–Crippen LogP) is 3.01. The fourth-order valence-electron chi connectivity index (χ4n) is 3.46. The van der Waals surface area contributed by atoms with Crippen molar-refractivity contribution in [1.82, 2.24) is 4.67 Å². The van der Waals surface area contributed by atoms with Gasteiger partial charge in [0.15, 0.2) is 0 Å². The lowest BCUT2D eigenvalue weighted by Crippen LogP contribution is -2.44. The number of hydrogen-bond donors (Lipinski definition) is 2. The quantitative estimate of drug-likeness (QED) is 0.765. The molecule has 0 aromatic carbocycles. The van der Waals surface area contributed by atoms with E-state index in [0.717, 1.165) is 25.7 Å². The molecule has 2 fully saturated rings. The maximum absolute atomic E-state index is 12.0. The van der Waals surface area contributed by atoms with Gasteiger partial charge in [-0.2, -0.15) is 0 Å². The minimum Gasteiger partial charge on any atom is -0.322 e. The van der Waals surface area contributed by atoms with Crippen LogP contribution in [0.2, 0.25) is 0 Å². The maximum atomic E-state index is 12.0. The third kappa shape index (κ3) is 3.54. The first-order valence-corrected chi connectivity index (χ1v) is 8.67. The Hall–Kier alpha value is 0.110. The van der Waals surface area contributed by atoms with Crippen molar-refractivity contribution < 1.29 is 9.46 Å². The first-order valence-electron chi connectivity index (χ1n) is 6.99. The molecule has 0 spiro atoms. The van der Waals surface area contributed by atoms with Gasteiger partial charge in [-0.05, 0) is 25.7 Å². The highest BCUT2D eigenvalue weighted by Gasteiger charge is 2.37. The van der Waals surface area contributed by atoms with Gasteiger partial charge in [0, 0.05) is 12.1 Å². The Balaban J connectivity index is 2.09. The summed E-state index contributed by atoms with van der Waals surface area (Å²) in [6.45, 7) is 0. The fraction of sp³-hybridized carbons (Fsp3) is 1.00. The van der Waals surface area contributed by atoms with E-state index in [4.69, 9.17) is 5.50 Å². The molecule has 0 saturated heterocycles. The Morgan fingerprint density at radius 2 is 1.24 bits per heavy atom. The molecule has 5 heteroatoms. The van der Waals surface area contributed by atoms with Gasteiger partial charge in [0.25, 0.3) is 0 Å². The second-order valence-electron chi connectivity index (χ2n) is 5.55. The minimum absolute atomic E-state index is 0.243. The van der Waals surface area contributed by atoms with Gasteiger partial charge in [-0.3, -0.25) is 4.57 Å². The molecule has 0 radical (unpaired) electrons. The van der Waals surface area contributed by atoms with Crippen LogP contribution in [-0.2, 0) is 4.57 Å². The van der Waals surface area contributed by atoms with Gasteiger partial charge >= 0.3 is 7.67 Å². The van der Waals surface area contributed by atoms with Gasteiger partial charge in [-0.25, -0.2) is 10.2 Å². The molecule has 2 rings (SSSR count). The van der Waals surface area contributed by atoms with Crippen molar-refractivity contribution in [2.24, 2.45) is 5.50 Å². The van der Waals surface area contributed by atoms with E-state index in [1.165, 1.54) is 38.5 Å².